The molecular weight excluding hydrogens is 410 g/mol. The minimum absolute atomic E-state index is 0.0137. The first kappa shape index (κ1) is 22.0. The first-order chi connectivity index (χ1) is 15.3. The lowest BCUT2D eigenvalue weighted by Crippen LogP contribution is -2.44. The molecule has 0 spiro atoms. The summed E-state index contributed by atoms with van der Waals surface area (Å²) in [7, 11) is 1.94. The summed E-state index contributed by atoms with van der Waals surface area (Å²) in [6.45, 7) is 6.52. The van der Waals surface area contributed by atoms with Crippen molar-refractivity contribution in [2.45, 2.75) is 31.8 Å². The van der Waals surface area contributed by atoms with Crippen molar-refractivity contribution >= 4 is 22.9 Å². The lowest BCUT2D eigenvalue weighted by molar-refractivity contribution is -0.131. The van der Waals surface area contributed by atoms with Crippen LogP contribution in [0.5, 0.6) is 0 Å². The zero-order chi connectivity index (χ0) is 23.0. The van der Waals surface area contributed by atoms with E-state index in [0.29, 0.717) is 13.0 Å². The molecule has 0 bridgehead atoms. The summed E-state index contributed by atoms with van der Waals surface area (Å²) in [6, 6.07) is 9.90. The highest BCUT2D eigenvalue weighted by Crippen LogP contribution is 2.43. The predicted octanol–water partition coefficient (Wildman–Crippen LogP) is 5.47. The molecule has 1 aliphatic rings. The molecule has 1 aliphatic heterocycles. The van der Waals surface area contributed by atoms with E-state index in [9.17, 15) is 4.79 Å². The van der Waals surface area contributed by atoms with Gasteiger partial charge in [0, 0.05) is 47.9 Å². The third-order valence-electron chi connectivity index (χ3n) is 6.30. The molecule has 2 atom stereocenters. The molecule has 0 saturated carbocycles. The Morgan fingerprint density at radius 3 is 2.59 bits per heavy atom. The Labute approximate surface area is 186 Å². The van der Waals surface area contributed by atoms with Crippen molar-refractivity contribution in [1.29, 1.82) is 0 Å². The number of hydrogen-bond donors (Lipinski definition) is 1. The van der Waals surface area contributed by atoms with Crippen LogP contribution in [0, 0.1) is 11.6 Å². The summed E-state index contributed by atoms with van der Waals surface area (Å²) in [4.78, 5) is 12.9. The van der Waals surface area contributed by atoms with E-state index >= 15 is 8.78 Å². The Hall–Kier alpha value is -3.25. The normalized spacial score (nSPS) is 18.9. The molecule has 2 heterocycles. The Kier molecular flexibility index (Phi) is 5.98. The number of aliphatic carboxylic acids is 1. The van der Waals surface area contributed by atoms with Crippen molar-refractivity contribution in [2.24, 2.45) is 7.05 Å². The molecule has 2 unspecified atom stereocenters. The molecule has 4 nitrogen and oxygen atoms in total. The van der Waals surface area contributed by atoms with Crippen LogP contribution in [0.15, 0.2) is 55.1 Å². The van der Waals surface area contributed by atoms with Gasteiger partial charge in [-0.05, 0) is 55.2 Å². The smallest absolute Gasteiger partial charge is 0.328 e. The zero-order valence-corrected chi connectivity index (χ0v) is 18.2. The van der Waals surface area contributed by atoms with Crippen molar-refractivity contribution in [1.82, 2.24) is 9.47 Å². The number of benzene rings is 2. The van der Waals surface area contributed by atoms with E-state index in [1.165, 1.54) is 18.2 Å². The minimum atomic E-state index is -1.17. The second-order valence-corrected chi connectivity index (χ2v) is 8.28. The SMILES string of the molecule is C=CCCN1C(C)Cc2c(n(C)c3ccccc23)C1c1c(F)cc(/C=C/C(=O)O)cc1F. The summed E-state index contributed by atoms with van der Waals surface area (Å²) < 4.78 is 32.9. The molecule has 32 heavy (non-hydrogen) atoms. The number of aromatic nitrogens is 1. The van der Waals surface area contributed by atoms with Gasteiger partial charge in [0.05, 0.1) is 6.04 Å². The molecule has 4 rings (SSSR count). The molecule has 0 saturated heterocycles. The van der Waals surface area contributed by atoms with E-state index < -0.39 is 23.6 Å². The van der Waals surface area contributed by atoms with Gasteiger partial charge in [-0.3, -0.25) is 4.90 Å². The molecule has 6 heteroatoms. The molecule has 1 N–H and O–H groups in total. The molecule has 0 radical (unpaired) electrons. The fourth-order valence-corrected chi connectivity index (χ4v) is 4.90. The van der Waals surface area contributed by atoms with E-state index in [4.69, 9.17) is 5.11 Å². The maximum absolute atomic E-state index is 15.4. The molecule has 166 valence electrons. The third-order valence-corrected chi connectivity index (χ3v) is 6.30. The minimum Gasteiger partial charge on any atom is -0.478 e. The summed E-state index contributed by atoms with van der Waals surface area (Å²) in [5.41, 5.74) is 3.19. The molecule has 3 aromatic rings. The van der Waals surface area contributed by atoms with Gasteiger partial charge in [-0.1, -0.05) is 24.3 Å². The number of carboxylic acid groups (broad SMARTS) is 1. The number of aryl methyl sites for hydroxylation is 1. The number of nitrogens with zero attached hydrogens (tertiary/aromatic N) is 2. The number of para-hydroxylation sites is 1. The third kappa shape index (κ3) is 3.75. The standard InChI is InChI=1S/C26H26F2N2O2/c1-4-5-12-30-16(2)13-19-18-8-6-7-9-22(18)29(3)25(19)26(30)24-20(27)14-17(15-21(24)28)10-11-23(31)32/h4,6-11,14-16,26H,1,5,12-13H2,2-3H3,(H,31,32)/b11-10+. The summed E-state index contributed by atoms with van der Waals surface area (Å²) in [6.07, 6.45) is 5.36. The van der Waals surface area contributed by atoms with Crippen LogP contribution in [0.3, 0.4) is 0 Å². The van der Waals surface area contributed by atoms with Gasteiger partial charge in [-0.25, -0.2) is 13.6 Å². The Bertz CT molecular complexity index is 1210. The van der Waals surface area contributed by atoms with Crippen LogP contribution < -0.4 is 0 Å². The quantitative estimate of drug-likeness (QED) is 0.412. The number of fused-ring (bicyclic) bond motifs is 3. The number of carbonyl (C=O) groups is 1. The van der Waals surface area contributed by atoms with Crippen LogP contribution in [0.25, 0.3) is 17.0 Å². The van der Waals surface area contributed by atoms with Gasteiger partial charge in [0.2, 0.25) is 0 Å². The summed E-state index contributed by atoms with van der Waals surface area (Å²) >= 11 is 0. The van der Waals surface area contributed by atoms with Crippen LogP contribution in [-0.2, 0) is 18.3 Å². The van der Waals surface area contributed by atoms with Crippen molar-refractivity contribution < 1.29 is 18.7 Å². The van der Waals surface area contributed by atoms with Crippen molar-refractivity contribution in [3.05, 3.63) is 89.1 Å². The summed E-state index contributed by atoms with van der Waals surface area (Å²) in [5, 5.41) is 9.94. The number of rotatable bonds is 6. The van der Waals surface area contributed by atoms with Crippen molar-refractivity contribution in [3.63, 3.8) is 0 Å². The Morgan fingerprint density at radius 1 is 1.25 bits per heavy atom. The number of carboxylic acids is 1. The van der Waals surface area contributed by atoms with Gasteiger partial charge in [0.25, 0.3) is 0 Å². The maximum Gasteiger partial charge on any atom is 0.328 e. The van der Waals surface area contributed by atoms with E-state index in [0.717, 1.165) is 34.7 Å². The molecular formula is C26H26F2N2O2. The maximum atomic E-state index is 15.4. The van der Waals surface area contributed by atoms with Crippen LogP contribution in [0.1, 0.15) is 41.8 Å². The molecule has 2 aromatic carbocycles. The van der Waals surface area contributed by atoms with Crippen LogP contribution in [-0.4, -0.2) is 33.1 Å². The lowest BCUT2D eigenvalue weighted by atomic mass is 9.87. The first-order valence-corrected chi connectivity index (χ1v) is 10.7. The van der Waals surface area contributed by atoms with Crippen LogP contribution in [0.2, 0.25) is 0 Å². The van der Waals surface area contributed by atoms with Crippen molar-refractivity contribution in [2.75, 3.05) is 6.54 Å². The fraction of sp³-hybridized carbons (Fsp3) is 0.269. The van der Waals surface area contributed by atoms with E-state index in [-0.39, 0.29) is 17.2 Å². The van der Waals surface area contributed by atoms with E-state index in [2.05, 4.69) is 24.5 Å². The highest BCUT2D eigenvalue weighted by molar-refractivity contribution is 5.86. The highest BCUT2D eigenvalue weighted by Gasteiger charge is 2.39. The van der Waals surface area contributed by atoms with E-state index in [1.54, 1.807) is 0 Å². The summed E-state index contributed by atoms with van der Waals surface area (Å²) in [5.74, 6) is -2.55. The largest absolute Gasteiger partial charge is 0.478 e. The number of halogens is 2. The Morgan fingerprint density at radius 2 is 1.94 bits per heavy atom. The first-order valence-electron chi connectivity index (χ1n) is 10.7. The van der Waals surface area contributed by atoms with Gasteiger partial charge >= 0.3 is 5.97 Å². The molecule has 0 aliphatic carbocycles. The lowest BCUT2D eigenvalue weighted by Gasteiger charge is -2.41. The second-order valence-electron chi connectivity index (χ2n) is 8.28. The average Bonchev–Trinajstić information content (AvgIpc) is 3.03. The number of hydrogen-bond acceptors (Lipinski definition) is 2. The molecule has 1 aromatic heterocycles. The average molecular weight is 437 g/mol. The van der Waals surface area contributed by atoms with Crippen LogP contribution >= 0.6 is 0 Å². The zero-order valence-electron chi connectivity index (χ0n) is 18.2. The van der Waals surface area contributed by atoms with Gasteiger partial charge in [-0.2, -0.15) is 0 Å². The van der Waals surface area contributed by atoms with Gasteiger partial charge in [-0.15, -0.1) is 6.58 Å². The molecule has 0 fully saturated rings. The predicted molar refractivity (Wildman–Crippen MR) is 122 cm³/mol. The van der Waals surface area contributed by atoms with Crippen molar-refractivity contribution in [3.8, 4) is 0 Å². The van der Waals surface area contributed by atoms with Gasteiger partial charge < -0.3 is 9.67 Å². The fourth-order valence-electron chi connectivity index (χ4n) is 4.90. The highest BCUT2D eigenvalue weighted by atomic mass is 19.1. The second kappa shape index (κ2) is 8.71. The van der Waals surface area contributed by atoms with Gasteiger partial charge in [0.15, 0.2) is 0 Å². The van der Waals surface area contributed by atoms with Gasteiger partial charge in [0.1, 0.15) is 11.6 Å². The van der Waals surface area contributed by atoms with E-state index in [1.807, 2.05) is 35.9 Å². The molecule has 0 amide bonds. The Balaban J connectivity index is 1.94. The topological polar surface area (TPSA) is 45.5 Å². The van der Waals surface area contributed by atoms with Crippen LogP contribution in [0.4, 0.5) is 8.78 Å². The monoisotopic (exact) mass is 436 g/mol.